The molecular weight excluding hydrogens is 437 g/mol. The highest BCUT2D eigenvalue weighted by Gasteiger charge is 2.18. The summed E-state index contributed by atoms with van der Waals surface area (Å²) in [5.41, 5.74) is 4.71. The van der Waals surface area contributed by atoms with Crippen LogP contribution in [0.2, 0.25) is 0 Å². The number of carbonyl (C=O) groups excluding carboxylic acids is 1. The number of anilines is 1. The normalized spacial score (nSPS) is 15.8. The largest absolute Gasteiger partial charge is 0.326 e. The van der Waals surface area contributed by atoms with E-state index in [-0.39, 0.29) is 10.7 Å². The molecule has 3 rings (SSSR count). The van der Waals surface area contributed by atoms with Gasteiger partial charge in [-0.2, -0.15) is 0 Å². The molecule has 0 saturated carbocycles. The van der Waals surface area contributed by atoms with Crippen molar-refractivity contribution in [3.05, 3.63) is 49.2 Å². The number of hydrogen-bond donors (Lipinski definition) is 1. The molecule has 0 aliphatic carbocycles. The second-order valence-corrected chi connectivity index (χ2v) is 8.23. The Morgan fingerprint density at radius 1 is 1.26 bits per heavy atom. The lowest BCUT2D eigenvalue weighted by molar-refractivity contribution is -0.116. The van der Waals surface area contributed by atoms with Gasteiger partial charge in [0.05, 0.1) is 7.71 Å². The number of hydrogen-bond acceptors (Lipinski definition) is 2. The second kappa shape index (κ2) is 5.54. The molecule has 19 heavy (non-hydrogen) atoms. The van der Waals surface area contributed by atoms with Gasteiger partial charge in [-0.3, -0.25) is 4.79 Å². The van der Waals surface area contributed by atoms with Crippen LogP contribution >= 0.6 is 49.9 Å². The van der Waals surface area contributed by atoms with E-state index in [9.17, 15) is 4.79 Å². The van der Waals surface area contributed by atoms with Gasteiger partial charge in [0.1, 0.15) is 0 Å². The molecule has 98 valence electrons. The molecular formula is C14H11BrINOS. The van der Waals surface area contributed by atoms with Crippen LogP contribution in [0, 0.1) is 2.88 Å². The predicted octanol–water partition coefficient (Wildman–Crippen LogP) is 4.72. The Labute approximate surface area is 137 Å². The Bertz CT molecular complexity index is 640. The fourth-order valence-corrected chi connectivity index (χ4v) is 4.33. The van der Waals surface area contributed by atoms with E-state index in [1.165, 1.54) is 19.6 Å². The molecule has 2 nitrogen and oxygen atoms in total. The molecule has 0 radical (unpaired) electrons. The highest BCUT2D eigenvalue weighted by molar-refractivity contribution is 14.1. The molecule has 1 aliphatic rings. The number of benzene rings is 1. The van der Waals surface area contributed by atoms with Gasteiger partial charge in [-0.25, -0.2) is 0 Å². The summed E-state index contributed by atoms with van der Waals surface area (Å²) in [4.78, 5) is 11.6. The molecule has 0 bridgehead atoms. The molecule has 2 aromatic rings. The first-order valence-electron chi connectivity index (χ1n) is 5.94. The molecule has 1 atom stereocenters. The number of fused-ring (bicyclic) bond motifs is 1. The van der Waals surface area contributed by atoms with E-state index < -0.39 is 0 Å². The zero-order valence-electron chi connectivity index (χ0n) is 9.95. The maximum Gasteiger partial charge on any atom is 0.224 e. The second-order valence-electron chi connectivity index (χ2n) is 4.51. The van der Waals surface area contributed by atoms with Crippen molar-refractivity contribution in [1.29, 1.82) is 0 Å². The van der Waals surface area contributed by atoms with Crippen molar-refractivity contribution >= 4 is 61.5 Å². The Morgan fingerprint density at radius 2 is 2.11 bits per heavy atom. The lowest BCUT2D eigenvalue weighted by atomic mass is 9.98. The maximum absolute atomic E-state index is 11.3. The molecule has 2 heterocycles. The lowest BCUT2D eigenvalue weighted by Crippen LogP contribution is -2.19. The van der Waals surface area contributed by atoms with E-state index in [1.807, 2.05) is 6.07 Å². The van der Waals surface area contributed by atoms with Gasteiger partial charge in [0, 0.05) is 12.1 Å². The van der Waals surface area contributed by atoms with Crippen LogP contribution in [0.25, 0.3) is 0 Å². The first-order valence-corrected chi connectivity index (χ1v) is 8.81. The minimum Gasteiger partial charge on any atom is -0.326 e. The Kier molecular flexibility index (Phi) is 3.96. The number of thiophene rings is 1. The molecule has 0 saturated heterocycles. The van der Waals surface area contributed by atoms with Crippen molar-refractivity contribution in [1.82, 2.24) is 0 Å². The van der Waals surface area contributed by atoms with Crippen LogP contribution in [0.4, 0.5) is 5.69 Å². The van der Waals surface area contributed by atoms with E-state index in [1.54, 1.807) is 11.3 Å². The predicted molar refractivity (Wildman–Crippen MR) is 91.2 cm³/mol. The summed E-state index contributed by atoms with van der Waals surface area (Å²) in [7, 11) is 0. The van der Waals surface area contributed by atoms with E-state index in [4.69, 9.17) is 0 Å². The van der Waals surface area contributed by atoms with Gasteiger partial charge in [0.2, 0.25) is 5.91 Å². The smallest absolute Gasteiger partial charge is 0.224 e. The van der Waals surface area contributed by atoms with Crippen LogP contribution in [-0.4, -0.2) is 5.91 Å². The number of aryl methyl sites for hydroxylation is 1. The van der Waals surface area contributed by atoms with E-state index >= 15 is 0 Å². The number of halogens is 2. The van der Waals surface area contributed by atoms with Gasteiger partial charge in [-0.15, -0.1) is 11.3 Å². The third-order valence-corrected chi connectivity index (χ3v) is 6.06. The Balaban J connectivity index is 1.92. The minimum atomic E-state index is 0.114. The highest BCUT2D eigenvalue weighted by Crippen LogP contribution is 2.36. The van der Waals surface area contributed by atoms with Crippen molar-refractivity contribution in [2.45, 2.75) is 17.7 Å². The average molecular weight is 448 g/mol. The third-order valence-electron chi connectivity index (χ3n) is 3.20. The molecule has 1 unspecified atom stereocenters. The zero-order valence-corrected chi connectivity index (χ0v) is 14.5. The van der Waals surface area contributed by atoms with Crippen LogP contribution in [0.1, 0.15) is 27.9 Å². The number of amides is 1. The van der Waals surface area contributed by atoms with E-state index in [0.717, 1.165) is 12.1 Å². The van der Waals surface area contributed by atoms with E-state index in [2.05, 4.69) is 67.4 Å². The van der Waals surface area contributed by atoms with E-state index in [0.29, 0.717) is 6.42 Å². The number of carbonyl (C=O) groups is 1. The molecule has 1 N–H and O–H groups in total. The van der Waals surface area contributed by atoms with Crippen molar-refractivity contribution in [2.75, 3.05) is 5.32 Å². The Hall–Kier alpha value is -0.400. The molecule has 1 aliphatic heterocycles. The summed E-state index contributed by atoms with van der Waals surface area (Å²) in [6.45, 7) is 0. The van der Waals surface area contributed by atoms with Gasteiger partial charge in [0.25, 0.3) is 0 Å². The minimum absolute atomic E-state index is 0.114. The lowest BCUT2D eigenvalue weighted by Gasteiger charge is -2.19. The summed E-state index contributed by atoms with van der Waals surface area (Å²) >= 11 is 7.86. The maximum atomic E-state index is 11.3. The van der Waals surface area contributed by atoms with Gasteiger partial charge >= 0.3 is 0 Å². The molecule has 5 heteroatoms. The van der Waals surface area contributed by atoms with Crippen molar-refractivity contribution in [3.8, 4) is 0 Å². The van der Waals surface area contributed by atoms with Gasteiger partial charge < -0.3 is 5.32 Å². The van der Waals surface area contributed by atoms with Crippen LogP contribution in [-0.2, 0) is 11.2 Å². The fourth-order valence-electron chi connectivity index (χ4n) is 2.21. The monoisotopic (exact) mass is 447 g/mol. The topological polar surface area (TPSA) is 29.1 Å². The number of alkyl halides is 1. The van der Waals surface area contributed by atoms with Gasteiger partial charge in [-0.05, 0) is 63.2 Å². The summed E-state index contributed by atoms with van der Waals surface area (Å²) in [5, 5.41) is 5.10. The summed E-state index contributed by atoms with van der Waals surface area (Å²) in [6, 6.07) is 8.48. The summed E-state index contributed by atoms with van der Waals surface area (Å²) < 4.78 is 1.29. The molecule has 1 aromatic carbocycles. The number of rotatable bonds is 2. The van der Waals surface area contributed by atoms with Gasteiger partial charge in [0.15, 0.2) is 0 Å². The highest BCUT2D eigenvalue weighted by atomic mass is 127. The van der Waals surface area contributed by atoms with Gasteiger partial charge in [-0.1, -0.05) is 28.1 Å². The third kappa shape index (κ3) is 2.87. The number of nitrogens with one attached hydrogen (secondary N) is 1. The average Bonchev–Trinajstić information content (AvgIpc) is 2.84. The van der Waals surface area contributed by atoms with Crippen molar-refractivity contribution in [3.63, 3.8) is 0 Å². The van der Waals surface area contributed by atoms with Crippen LogP contribution in [0.3, 0.4) is 0 Å². The summed E-state index contributed by atoms with van der Waals surface area (Å²) in [6.07, 6.45) is 1.41. The first-order chi connectivity index (χ1) is 9.13. The quantitative estimate of drug-likeness (QED) is 0.523. The zero-order chi connectivity index (χ0) is 13.4. The van der Waals surface area contributed by atoms with Crippen molar-refractivity contribution in [2.24, 2.45) is 0 Å². The van der Waals surface area contributed by atoms with Crippen LogP contribution in [0.5, 0.6) is 0 Å². The summed E-state index contributed by atoms with van der Waals surface area (Å²) in [5.74, 6) is 0.114. The standard InChI is InChI=1S/C14H11BrINOS/c15-14(10-6-12(16)19-7-10)9-1-3-11-8(5-9)2-4-13(18)17-11/h1,3,5-7,14H,2,4H2,(H,17,18). The van der Waals surface area contributed by atoms with Crippen molar-refractivity contribution < 1.29 is 4.79 Å². The van der Waals surface area contributed by atoms with Crippen LogP contribution < -0.4 is 5.32 Å². The molecule has 1 aromatic heterocycles. The molecule has 1 amide bonds. The fraction of sp³-hybridized carbons (Fsp3) is 0.214. The first kappa shape index (κ1) is 13.6. The molecule has 0 fully saturated rings. The SMILES string of the molecule is O=C1CCc2cc(C(Br)c3csc(I)c3)ccc2N1. The van der Waals surface area contributed by atoms with Crippen LogP contribution in [0.15, 0.2) is 29.6 Å². The molecule has 0 spiro atoms. The Morgan fingerprint density at radius 3 is 2.84 bits per heavy atom.